The Balaban J connectivity index is 0.00000182. The first-order valence-electron chi connectivity index (χ1n) is 8.80. The Morgan fingerprint density at radius 3 is 2.84 bits per heavy atom. The minimum atomic E-state index is 0. The van der Waals surface area contributed by atoms with Gasteiger partial charge in [0.1, 0.15) is 0 Å². The van der Waals surface area contributed by atoms with Crippen molar-refractivity contribution in [1.29, 1.82) is 0 Å². The van der Waals surface area contributed by atoms with Crippen molar-refractivity contribution in [3.8, 4) is 0 Å². The van der Waals surface area contributed by atoms with E-state index in [4.69, 9.17) is 0 Å². The van der Waals surface area contributed by atoms with Crippen LogP contribution in [0.4, 0.5) is 0 Å². The number of amides is 1. The highest BCUT2D eigenvalue weighted by molar-refractivity contribution is 7.10. The molecule has 0 saturated carbocycles. The van der Waals surface area contributed by atoms with E-state index in [1.807, 2.05) is 11.4 Å². The molecule has 3 heterocycles. The predicted octanol–water partition coefficient (Wildman–Crippen LogP) is 3.39. The topological polar surface area (TPSA) is 32.3 Å². The molecule has 5 heteroatoms. The van der Waals surface area contributed by atoms with E-state index in [9.17, 15) is 4.79 Å². The number of carbonyl (C=O) groups excluding carboxylic acids is 1. The Labute approximate surface area is 159 Å². The van der Waals surface area contributed by atoms with E-state index in [0.717, 1.165) is 39.0 Å². The predicted molar refractivity (Wildman–Crippen MR) is 105 cm³/mol. The number of hydrogen-bond acceptors (Lipinski definition) is 3. The summed E-state index contributed by atoms with van der Waals surface area (Å²) in [7, 11) is 0. The minimum absolute atomic E-state index is 0. The first-order chi connectivity index (χ1) is 11.8. The fourth-order valence-electron chi connectivity index (χ4n) is 4.28. The molecule has 4 rings (SSSR count). The summed E-state index contributed by atoms with van der Waals surface area (Å²) in [5.74, 6) is 0.902. The van der Waals surface area contributed by atoms with Gasteiger partial charge in [0.25, 0.3) is 0 Å². The van der Waals surface area contributed by atoms with Crippen LogP contribution in [-0.4, -0.2) is 37.0 Å². The van der Waals surface area contributed by atoms with Crippen LogP contribution in [0, 0.1) is 11.3 Å². The lowest BCUT2D eigenvalue weighted by Gasteiger charge is -2.28. The van der Waals surface area contributed by atoms with Crippen molar-refractivity contribution >= 4 is 29.7 Å². The molecule has 1 N–H and O–H groups in total. The third-order valence-corrected chi connectivity index (χ3v) is 6.57. The highest BCUT2D eigenvalue weighted by Crippen LogP contribution is 2.42. The quantitative estimate of drug-likeness (QED) is 0.867. The van der Waals surface area contributed by atoms with Crippen molar-refractivity contribution in [2.24, 2.45) is 11.3 Å². The Bertz CT molecular complexity index is 691. The maximum atomic E-state index is 12.7. The highest BCUT2D eigenvalue weighted by Gasteiger charge is 2.50. The third-order valence-electron chi connectivity index (χ3n) is 5.69. The molecule has 2 fully saturated rings. The molecule has 2 aliphatic rings. The highest BCUT2D eigenvalue weighted by atomic mass is 35.5. The molecule has 2 aliphatic heterocycles. The van der Waals surface area contributed by atoms with Gasteiger partial charge in [0, 0.05) is 36.5 Å². The number of fused-ring (bicyclic) bond motifs is 1. The Morgan fingerprint density at radius 1 is 1.24 bits per heavy atom. The number of benzene rings is 1. The zero-order chi connectivity index (χ0) is 16.4. The Morgan fingerprint density at radius 2 is 2.08 bits per heavy atom. The van der Waals surface area contributed by atoms with Gasteiger partial charge in [0.05, 0.1) is 6.42 Å². The van der Waals surface area contributed by atoms with Gasteiger partial charge in [0.15, 0.2) is 0 Å². The molecule has 2 aromatic rings. The standard InChI is InChI=1S/C20H24N2OS.ClH/c23-19(11-18-7-4-10-24-18)22-13-17-12-21-14-20(17,15-22)9-8-16-5-2-1-3-6-16;/h1-7,10,17,21H,8-9,11-15H2;1H. The average molecular weight is 377 g/mol. The first-order valence-corrected chi connectivity index (χ1v) is 9.68. The van der Waals surface area contributed by atoms with Crippen molar-refractivity contribution in [1.82, 2.24) is 10.2 Å². The van der Waals surface area contributed by atoms with E-state index in [1.54, 1.807) is 11.3 Å². The molecule has 1 aromatic carbocycles. The van der Waals surface area contributed by atoms with Gasteiger partial charge in [-0.2, -0.15) is 0 Å². The van der Waals surface area contributed by atoms with Gasteiger partial charge in [-0.05, 0) is 35.8 Å². The van der Waals surface area contributed by atoms with Crippen LogP contribution in [0.15, 0.2) is 47.8 Å². The van der Waals surface area contributed by atoms with Gasteiger partial charge >= 0.3 is 0 Å². The van der Waals surface area contributed by atoms with E-state index in [1.165, 1.54) is 10.4 Å². The molecule has 2 unspecified atom stereocenters. The molecule has 0 aliphatic carbocycles. The molecule has 1 aromatic heterocycles. The van der Waals surface area contributed by atoms with E-state index in [2.05, 4.69) is 46.6 Å². The number of aryl methyl sites for hydroxylation is 1. The van der Waals surface area contributed by atoms with Crippen LogP contribution in [0.2, 0.25) is 0 Å². The maximum Gasteiger partial charge on any atom is 0.227 e. The van der Waals surface area contributed by atoms with E-state index in [-0.39, 0.29) is 17.8 Å². The smallest absolute Gasteiger partial charge is 0.227 e. The maximum absolute atomic E-state index is 12.7. The zero-order valence-electron chi connectivity index (χ0n) is 14.3. The lowest BCUT2D eigenvalue weighted by atomic mass is 9.76. The van der Waals surface area contributed by atoms with Crippen LogP contribution < -0.4 is 5.32 Å². The summed E-state index contributed by atoms with van der Waals surface area (Å²) < 4.78 is 0. The van der Waals surface area contributed by atoms with Gasteiger partial charge < -0.3 is 10.2 Å². The Hall–Kier alpha value is -1.36. The second-order valence-electron chi connectivity index (χ2n) is 7.21. The minimum Gasteiger partial charge on any atom is -0.341 e. The second-order valence-corrected chi connectivity index (χ2v) is 8.24. The van der Waals surface area contributed by atoms with Crippen molar-refractivity contribution in [2.45, 2.75) is 19.3 Å². The number of halogens is 1. The van der Waals surface area contributed by atoms with Gasteiger partial charge in [-0.3, -0.25) is 4.79 Å². The van der Waals surface area contributed by atoms with Crippen LogP contribution in [0.5, 0.6) is 0 Å². The fraction of sp³-hybridized carbons (Fsp3) is 0.450. The number of carbonyl (C=O) groups is 1. The summed E-state index contributed by atoms with van der Waals surface area (Å²) in [5, 5.41) is 5.62. The molecular weight excluding hydrogens is 352 g/mol. The summed E-state index contributed by atoms with van der Waals surface area (Å²) >= 11 is 1.68. The first kappa shape index (κ1) is 18.4. The summed E-state index contributed by atoms with van der Waals surface area (Å²) in [6, 6.07) is 14.8. The summed E-state index contributed by atoms with van der Waals surface area (Å²) in [6.45, 7) is 3.94. The third kappa shape index (κ3) is 3.91. The molecular formula is C20H25ClN2OS. The lowest BCUT2D eigenvalue weighted by Crippen LogP contribution is -2.36. The molecule has 2 atom stereocenters. The zero-order valence-corrected chi connectivity index (χ0v) is 16.0. The molecule has 134 valence electrons. The molecule has 0 radical (unpaired) electrons. The van der Waals surface area contributed by atoms with Crippen LogP contribution >= 0.6 is 23.7 Å². The normalized spacial score (nSPS) is 24.8. The van der Waals surface area contributed by atoms with Crippen molar-refractivity contribution < 1.29 is 4.79 Å². The summed E-state index contributed by atoms with van der Waals surface area (Å²) in [5.41, 5.74) is 1.67. The number of rotatable bonds is 5. The summed E-state index contributed by atoms with van der Waals surface area (Å²) in [4.78, 5) is 16.0. The van der Waals surface area contributed by atoms with Crippen molar-refractivity contribution in [3.63, 3.8) is 0 Å². The molecule has 25 heavy (non-hydrogen) atoms. The lowest BCUT2D eigenvalue weighted by molar-refractivity contribution is -0.129. The van der Waals surface area contributed by atoms with Crippen LogP contribution in [0.25, 0.3) is 0 Å². The number of hydrogen-bond donors (Lipinski definition) is 1. The van der Waals surface area contributed by atoms with Crippen molar-refractivity contribution in [2.75, 3.05) is 26.2 Å². The fourth-order valence-corrected chi connectivity index (χ4v) is 4.98. The number of likely N-dealkylation sites (tertiary alicyclic amines) is 1. The van der Waals surface area contributed by atoms with E-state index < -0.39 is 0 Å². The summed E-state index contributed by atoms with van der Waals surface area (Å²) in [6.07, 6.45) is 2.83. The number of thiophene rings is 1. The molecule has 2 saturated heterocycles. The average Bonchev–Trinajstić information content (AvgIpc) is 3.29. The van der Waals surface area contributed by atoms with Gasteiger partial charge in [0.2, 0.25) is 5.91 Å². The second kappa shape index (κ2) is 7.90. The van der Waals surface area contributed by atoms with Crippen molar-refractivity contribution in [3.05, 3.63) is 58.3 Å². The monoisotopic (exact) mass is 376 g/mol. The van der Waals surface area contributed by atoms with E-state index >= 15 is 0 Å². The van der Waals surface area contributed by atoms with E-state index in [0.29, 0.717) is 18.2 Å². The largest absolute Gasteiger partial charge is 0.341 e. The SMILES string of the molecule is Cl.O=C(Cc1cccs1)N1CC2CNCC2(CCc2ccccc2)C1. The van der Waals surface area contributed by atoms with Crippen LogP contribution in [-0.2, 0) is 17.6 Å². The van der Waals surface area contributed by atoms with Gasteiger partial charge in [-0.15, -0.1) is 23.7 Å². The van der Waals surface area contributed by atoms with Gasteiger partial charge in [-0.1, -0.05) is 36.4 Å². The van der Waals surface area contributed by atoms with Crippen LogP contribution in [0.1, 0.15) is 16.9 Å². The molecule has 0 bridgehead atoms. The molecule has 1 amide bonds. The number of nitrogens with zero attached hydrogens (tertiary/aromatic N) is 1. The van der Waals surface area contributed by atoms with Gasteiger partial charge in [-0.25, -0.2) is 0 Å². The Kier molecular flexibility index (Phi) is 5.82. The number of nitrogens with one attached hydrogen (secondary N) is 1. The molecule has 3 nitrogen and oxygen atoms in total. The van der Waals surface area contributed by atoms with Crippen LogP contribution in [0.3, 0.4) is 0 Å². The molecule has 0 spiro atoms.